The Balaban J connectivity index is 2.54. The standard InChI is InChI=1S/C9H9N3OS/c1-13-6-2-3-7-8(4-6)14-9(12-7)5-11-10/h2-5H,10H2,1H3. The van der Waals surface area contributed by atoms with Crippen LogP contribution >= 0.6 is 11.3 Å². The monoisotopic (exact) mass is 207 g/mol. The van der Waals surface area contributed by atoms with Crippen LogP contribution in [-0.2, 0) is 0 Å². The Hall–Kier alpha value is -1.62. The van der Waals surface area contributed by atoms with Gasteiger partial charge in [0, 0.05) is 0 Å². The number of ether oxygens (including phenoxy) is 1. The minimum atomic E-state index is 0.802. The number of hydrogen-bond acceptors (Lipinski definition) is 5. The molecule has 0 spiro atoms. The van der Waals surface area contributed by atoms with Crippen LogP contribution in [0, 0.1) is 0 Å². The molecule has 1 aromatic heterocycles. The highest BCUT2D eigenvalue weighted by Crippen LogP contribution is 2.25. The van der Waals surface area contributed by atoms with Crippen molar-refractivity contribution in [2.75, 3.05) is 7.11 Å². The lowest BCUT2D eigenvalue weighted by molar-refractivity contribution is 0.415. The first-order chi connectivity index (χ1) is 6.83. The summed E-state index contributed by atoms with van der Waals surface area (Å²) >= 11 is 1.53. The van der Waals surface area contributed by atoms with Gasteiger partial charge in [0.25, 0.3) is 0 Å². The molecular formula is C9H9N3OS. The van der Waals surface area contributed by atoms with E-state index in [1.165, 1.54) is 17.6 Å². The lowest BCUT2D eigenvalue weighted by atomic mass is 10.3. The smallest absolute Gasteiger partial charge is 0.137 e. The third-order valence-corrected chi connectivity index (χ3v) is 2.75. The number of hydrogen-bond donors (Lipinski definition) is 1. The second kappa shape index (κ2) is 3.63. The van der Waals surface area contributed by atoms with Crippen LogP contribution in [0.1, 0.15) is 5.01 Å². The van der Waals surface area contributed by atoms with Gasteiger partial charge in [0.1, 0.15) is 10.8 Å². The molecule has 0 radical (unpaired) electrons. The van der Waals surface area contributed by atoms with E-state index in [4.69, 9.17) is 10.6 Å². The van der Waals surface area contributed by atoms with E-state index >= 15 is 0 Å². The van der Waals surface area contributed by atoms with Gasteiger partial charge in [-0.3, -0.25) is 0 Å². The molecule has 2 aromatic rings. The summed E-state index contributed by atoms with van der Waals surface area (Å²) in [5.41, 5.74) is 0.936. The number of methoxy groups -OCH3 is 1. The van der Waals surface area contributed by atoms with Crippen LogP contribution in [0.25, 0.3) is 10.2 Å². The van der Waals surface area contributed by atoms with Gasteiger partial charge < -0.3 is 10.6 Å². The predicted molar refractivity (Wildman–Crippen MR) is 58.0 cm³/mol. The number of nitrogens with two attached hydrogens (primary N) is 1. The molecule has 1 heterocycles. The molecule has 2 N–H and O–H groups in total. The molecule has 0 amide bonds. The minimum absolute atomic E-state index is 0.802. The first-order valence-electron chi connectivity index (χ1n) is 4.01. The normalized spacial score (nSPS) is 11.2. The van der Waals surface area contributed by atoms with Gasteiger partial charge in [0.05, 0.1) is 23.5 Å². The molecule has 0 fully saturated rings. The number of hydrazone groups is 1. The molecule has 0 aliphatic carbocycles. The summed E-state index contributed by atoms with van der Waals surface area (Å²) in [5, 5.41) is 4.24. The Bertz CT molecular complexity index is 478. The summed E-state index contributed by atoms with van der Waals surface area (Å²) in [5.74, 6) is 5.88. The molecule has 0 atom stereocenters. The van der Waals surface area contributed by atoms with Gasteiger partial charge in [0.15, 0.2) is 0 Å². The fraction of sp³-hybridized carbons (Fsp3) is 0.111. The van der Waals surface area contributed by atoms with Crippen LogP contribution in [-0.4, -0.2) is 18.3 Å². The van der Waals surface area contributed by atoms with Gasteiger partial charge >= 0.3 is 0 Å². The molecule has 0 aliphatic heterocycles. The first-order valence-corrected chi connectivity index (χ1v) is 4.83. The quantitative estimate of drug-likeness (QED) is 0.462. The molecule has 0 aliphatic rings. The van der Waals surface area contributed by atoms with E-state index in [0.29, 0.717) is 0 Å². The Kier molecular flexibility index (Phi) is 2.32. The van der Waals surface area contributed by atoms with Gasteiger partial charge in [0.2, 0.25) is 0 Å². The first kappa shape index (κ1) is 8.96. The van der Waals surface area contributed by atoms with Crippen molar-refractivity contribution in [1.29, 1.82) is 0 Å². The van der Waals surface area contributed by atoms with Crippen molar-refractivity contribution >= 4 is 27.8 Å². The summed E-state index contributed by atoms with van der Waals surface area (Å²) in [7, 11) is 1.64. The zero-order valence-electron chi connectivity index (χ0n) is 7.60. The van der Waals surface area contributed by atoms with Crippen LogP contribution in [0.4, 0.5) is 0 Å². The van der Waals surface area contributed by atoms with Crippen LogP contribution in [0.2, 0.25) is 0 Å². The van der Waals surface area contributed by atoms with Crippen LogP contribution in [0.3, 0.4) is 0 Å². The number of benzene rings is 1. The average Bonchev–Trinajstić information content (AvgIpc) is 2.59. The fourth-order valence-corrected chi connectivity index (χ4v) is 2.04. The Morgan fingerprint density at radius 2 is 2.43 bits per heavy atom. The lowest BCUT2D eigenvalue weighted by Gasteiger charge is -1.96. The summed E-state index contributed by atoms with van der Waals surface area (Å²) in [6.45, 7) is 0. The fourth-order valence-electron chi connectivity index (χ4n) is 1.17. The largest absolute Gasteiger partial charge is 0.497 e. The number of thiazole rings is 1. The summed E-state index contributed by atoms with van der Waals surface area (Å²) in [6, 6.07) is 5.74. The van der Waals surface area contributed by atoms with E-state index in [0.717, 1.165) is 21.0 Å². The highest BCUT2D eigenvalue weighted by molar-refractivity contribution is 7.20. The Labute approximate surface area is 85.0 Å². The zero-order valence-corrected chi connectivity index (χ0v) is 8.41. The van der Waals surface area contributed by atoms with E-state index in [1.807, 2.05) is 18.2 Å². The minimum Gasteiger partial charge on any atom is -0.497 e. The van der Waals surface area contributed by atoms with Gasteiger partial charge in [-0.05, 0) is 18.2 Å². The van der Waals surface area contributed by atoms with Crippen molar-refractivity contribution in [2.45, 2.75) is 0 Å². The second-order valence-electron chi connectivity index (χ2n) is 2.66. The lowest BCUT2D eigenvalue weighted by Crippen LogP contribution is -1.83. The summed E-state index contributed by atoms with van der Waals surface area (Å²) < 4.78 is 6.18. The van der Waals surface area contributed by atoms with Crippen molar-refractivity contribution in [2.24, 2.45) is 10.9 Å². The summed E-state index contributed by atoms with van der Waals surface area (Å²) in [4.78, 5) is 4.31. The molecule has 14 heavy (non-hydrogen) atoms. The highest BCUT2D eigenvalue weighted by Gasteiger charge is 2.02. The van der Waals surface area contributed by atoms with E-state index in [9.17, 15) is 0 Å². The van der Waals surface area contributed by atoms with E-state index in [-0.39, 0.29) is 0 Å². The van der Waals surface area contributed by atoms with Gasteiger partial charge in [-0.15, -0.1) is 11.3 Å². The maximum absolute atomic E-state index is 5.11. The molecule has 0 saturated carbocycles. The SMILES string of the molecule is COc1ccc2nc(C=NN)sc2c1. The number of rotatable bonds is 2. The van der Waals surface area contributed by atoms with E-state index in [2.05, 4.69) is 10.1 Å². The zero-order chi connectivity index (χ0) is 9.97. The number of fused-ring (bicyclic) bond motifs is 1. The molecule has 72 valence electrons. The topological polar surface area (TPSA) is 60.5 Å². The maximum atomic E-state index is 5.11. The van der Waals surface area contributed by atoms with Gasteiger partial charge in [-0.1, -0.05) is 0 Å². The van der Waals surface area contributed by atoms with Gasteiger partial charge in [-0.25, -0.2) is 4.98 Å². The highest BCUT2D eigenvalue weighted by atomic mass is 32.1. The molecule has 0 bridgehead atoms. The summed E-state index contributed by atoms with van der Waals surface area (Å²) in [6.07, 6.45) is 1.54. The van der Waals surface area contributed by atoms with E-state index in [1.54, 1.807) is 7.11 Å². The van der Waals surface area contributed by atoms with Crippen LogP contribution in [0.15, 0.2) is 23.3 Å². The number of aromatic nitrogens is 1. The maximum Gasteiger partial charge on any atom is 0.137 e. The predicted octanol–water partition coefficient (Wildman–Crippen LogP) is 1.60. The Morgan fingerprint density at radius 1 is 1.57 bits per heavy atom. The molecule has 5 heteroatoms. The third kappa shape index (κ3) is 1.54. The van der Waals surface area contributed by atoms with Gasteiger partial charge in [-0.2, -0.15) is 5.10 Å². The molecule has 1 aromatic carbocycles. The average molecular weight is 207 g/mol. The second-order valence-corrected chi connectivity index (χ2v) is 3.73. The third-order valence-electron chi connectivity index (χ3n) is 1.80. The van der Waals surface area contributed by atoms with E-state index < -0.39 is 0 Å². The molecule has 2 rings (SSSR count). The van der Waals surface area contributed by atoms with Crippen LogP contribution < -0.4 is 10.6 Å². The molecule has 4 nitrogen and oxygen atoms in total. The van der Waals surface area contributed by atoms with Crippen molar-refractivity contribution in [3.8, 4) is 5.75 Å². The molecule has 0 unspecified atom stereocenters. The van der Waals surface area contributed by atoms with Crippen molar-refractivity contribution in [3.63, 3.8) is 0 Å². The van der Waals surface area contributed by atoms with Crippen molar-refractivity contribution < 1.29 is 4.74 Å². The molecular weight excluding hydrogens is 198 g/mol. The molecule has 0 saturated heterocycles. The number of nitrogens with zero attached hydrogens (tertiary/aromatic N) is 2. The van der Waals surface area contributed by atoms with Crippen LogP contribution in [0.5, 0.6) is 5.75 Å². The Morgan fingerprint density at radius 3 is 3.14 bits per heavy atom. The van der Waals surface area contributed by atoms with Crippen molar-refractivity contribution in [1.82, 2.24) is 4.98 Å². The van der Waals surface area contributed by atoms with Crippen molar-refractivity contribution in [3.05, 3.63) is 23.2 Å².